The summed E-state index contributed by atoms with van der Waals surface area (Å²) in [7, 11) is 0. The Labute approximate surface area is 118 Å². The summed E-state index contributed by atoms with van der Waals surface area (Å²) in [5.74, 6) is -0.621. The molecule has 7 heteroatoms. The molecular formula is C13H12F3NO2S. The zero-order valence-electron chi connectivity index (χ0n) is 10.9. The highest BCUT2D eigenvalue weighted by Gasteiger charge is 2.31. The van der Waals surface area contributed by atoms with Gasteiger partial charge in [0.25, 0.3) is 0 Å². The molecule has 20 heavy (non-hydrogen) atoms. The number of carbonyl (C=O) groups is 1. The molecule has 108 valence electrons. The minimum atomic E-state index is -4.45. The molecule has 0 radical (unpaired) electrons. The number of nitriles is 1. The van der Waals surface area contributed by atoms with Crippen LogP contribution in [0.4, 0.5) is 13.2 Å². The molecule has 0 aliphatic rings. The minimum Gasteiger partial charge on any atom is -0.466 e. The van der Waals surface area contributed by atoms with Gasteiger partial charge < -0.3 is 4.74 Å². The van der Waals surface area contributed by atoms with Gasteiger partial charge in [0.2, 0.25) is 0 Å². The van der Waals surface area contributed by atoms with Crippen molar-refractivity contribution in [2.24, 2.45) is 0 Å². The number of carbonyl (C=O) groups excluding carboxylic acids is 1. The van der Waals surface area contributed by atoms with Gasteiger partial charge in [-0.3, -0.25) is 4.79 Å². The Morgan fingerprint density at radius 2 is 2.10 bits per heavy atom. The number of rotatable bonds is 4. The van der Waals surface area contributed by atoms with Gasteiger partial charge in [-0.05, 0) is 48.9 Å². The maximum Gasteiger partial charge on any atom is 0.446 e. The van der Waals surface area contributed by atoms with Crippen LogP contribution < -0.4 is 0 Å². The first-order chi connectivity index (χ1) is 9.26. The molecule has 0 aliphatic heterocycles. The summed E-state index contributed by atoms with van der Waals surface area (Å²) in [5, 5.41) is 8.91. The highest BCUT2D eigenvalue weighted by Crippen LogP contribution is 2.39. The molecule has 0 atom stereocenters. The molecule has 1 rings (SSSR count). The Morgan fingerprint density at radius 1 is 1.45 bits per heavy atom. The van der Waals surface area contributed by atoms with Crippen LogP contribution in [-0.2, 0) is 16.0 Å². The summed E-state index contributed by atoms with van der Waals surface area (Å²) in [6.45, 7) is 3.31. The van der Waals surface area contributed by atoms with E-state index in [9.17, 15) is 18.0 Å². The SMILES string of the molecule is CCOC(=O)Cc1cc(C#N)c(C)cc1SC(F)(F)F. The molecule has 0 bridgehead atoms. The van der Waals surface area contributed by atoms with E-state index in [4.69, 9.17) is 10.00 Å². The Hall–Kier alpha value is -1.68. The second-order valence-corrected chi connectivity index (χ2v) is 5.02. The van der Waals surface area contributed by atoms with Crippen molar-refractivity contribution in [2.45, 2.75) is 30.7 Å². The van der Waals surface area contributed by atoms with E-state index in [1.165, 1.54) is 12.1 Å². The van der Waals surface area contributed by atoms with Gasteiger partial charge in [0.1, 0.15) is 0 Å². The molecule has 0 heterocycles. The van der Waals surface area contributed by atoms with Crippen molar-refractivity contribution in [3.05, 3.63) is 28.8 Å². The third kappa shape index (κ3) is 4.78. The molecule has 0 N–H and O–H groups in total. The predicted molar refractivity (Wildman–Crippen MR) is 68.1 cm³/mol. The lowest BCUT2D eigenvalue weighted by molar-refractivity contribution is -0.142. The van der Waals surface area contributed by atoms with Gasteiger partial charge in [0.05, 0.1) is 24.7 Å². The topological polar surface area (TPSA) is 50.1 Å². The Bertz CT molecular complexity index is 550. The summed E-state index contributed by atoms with van der Waals surface area (Å²) < 4.78 is 42.2. The molecule has 1 aromatic rings. The number of hydrogen-bond donors (Lipinski definition) is 0. The van der Waals surface area contributed by atoms with Gasteiger partial charge in [-0.1, -0.05) is 0 Å². The average Bonchev–Trinajstić information content (AvgIpc) is 2.30. The lowest BCUT2D eigenvalue weighted by atomic mass is 10.0. The first-order valence-corrected chi connectivity index (χ1v) is 6.53. The van der Waals surface area contributed by atoms with E-state index >= 15 is 0 Å². The Kier molecular flexibility index (Phi) is 5.45. The molecule has 0 saturated heterocycles. The van der Waals surface area contributed by atoms with Gasteiger partial charge in [-0.15, -0.1) is 0 Å². The quantitative estimate of drug-likeness (QED) is 0.630. The van der Waals surface area contributed by atoms with Crippen molar-refractivity contribution in [1.29, 1.82) is 5.26 Å². The maximum atomic E-state index is 12.5. The molecule has 0 aliphatic carbocycles. The number of alkyl halides is 3. The molecule has 0 fully saturated rings. The van der Waals surface area contributed by atoms with Crippen LogP contribution in [0.2, 0.25) is 0 Å². The van der Waals surface area contributed by atoms with E-state index in [2.05, 4.69) is 0 Å². The number of thioether (sulfide) groups is 1. The Balaban J connectivity index is 3.16. The van der Waals surface area contributed by atoms with Crippen molar-refractivity contribution < 1.29 is 22.7 Å². The average molecular weight is 303 g/mol. The minimum absolute atomic E-state index is 0.0814. The van der Waals surface area contributed by atoms with Gasteiger partial charge in [-0.25, -0.2) is 0 Å². The van der Waals surface area contributed by atoms with Crippen LogP contribution in [-0.4, -0.2) is 18.1 Å². The normalized spacial score (nSPS) is 11.0. The van der Waals surface area contributed by atoms with Crippen LogP contribution in [0.25, 0.3) is 0 Å². The molecule has 0 spiro atoms. The monoisotopic (exact) mass is 303 g/mol. The predicted octanol–water partition coefficient (Wildman–Crippen LogP) is 3.58. The standard InChI is InChI=1S/C13H12F3NO2S/c1-3-19-12(18)6-9-5-10(7-17)8(2)4-11(9)20-13(14,15)16/h4-5H,3,6H2,1-2H3. The van der Waals surface area contributed by atoms with E-state index in [1.54, 1.807) is 13.8 Å². The summed E-state index contributed by atoms with van der Waals surface area (Å²) in [4.78, 5) is 11.3. The lowest BCUT2D eigenvalue weighted by Gasteiger charge is -2.13. The highest BCUT2D eigenvalue weighted by atomic mass is 32.2. The number of hydrogen-bond acceptors (Lipinski definition) is 4. The van der Waals surface area contributed by atoms with Crippen LogP contribution in [0.15, 0.2) is 17.0 Å². The van der Waals surface area contributed by atoms with Crippen LogP contribution in [0, 0.1) is 18.3 Å². The zero-order valence-corrected chi connectivity index (χ0v) is 11.7. The molecule has 0 saturated carbocycles. The molecule has 0 aromatic heterocycles. The number of nitrogens with zero attached hydrogens (tertiary/aromatic N) is 1. The van der Waals surface area contributed by atoms with Crippen molar-refractivity contribution in [3.8, 4) is 6.07 Å². The fourth-order valence-electron chi connectivity index (χ4n) is 1.57. The second kappa shape index (κ2) is 6.66. The number of esters is 1. The number of benzene rings is 1. The molecular weight excluding hydrogens is 291 g/mol. The molecule has 1 aromatic carbocycles. The number of aryl methyl sites for hydroxylation is 1. The third-order valence-electron chi connectivity index (χ3n) is 2.39. The molecule has 0 amide bonds. The lowest BCUT2D eigenvalue weighted by Crippen LogP contribution is -2.10. The van der Waals surface area contributed by atoms with E-state index < -0.39 is 11.5 Å². The van der Waals surface area contributed by atoms with Crippen LogP contribution >= 0.6 is 11.8 Å². The molecule has 3 nitrogen and oxygen atoms in total. The first-order valence-electron chi connectivity index (χ1n) is 5.71. The number of halogens is 3. The van der Waals surface area contributed by atoms with E-state index in [-0.39, 0.29) is 40.8 Å². The van der Waals surface area contributed by atoms with E-state index in [1.807, 2.05) is 6.07 Å². The summed E-state index contributed by atoms with van der Waals surface area (Å²) in [6, 6.07) is 4.46. The van der Waals surface area contributed by atoms with E-state index in [0.717, 1.165) is 0 Å². The van der Waals surface area contributed by atoms with Crippen molar-refractivity contribution in [1.82, 2.24) is 0 Å². The number of ether oxygens (including phenoxy) is 1. The highest BCUT2D eigenvalue weighted by molar-refractivity contribution is 8.00. The maximum absolute atomic E-state index is 12.5. The summed E-state index contributed by atoms with van der Waals surface area (Å²) >= 11 is -0.296. The van der Waals surface area contributed by atoms with Crippen molar-refractivity contribution in [3.63, 3.8) is 0 Å². The second-order valence-electron chi connectivity index (χ2n) is 3.92. The fraction of sp³-hybridized carbons (Fsp3) is 0.385. The largest absolute Gasteiger partial charge is 0.466 e. The third-order valence-corrected chi connectivity index (χ3v) is 3.23. The van der Waals surface area contributed by atoms with Crippen LogP contribution in [0.3, 0.4) is 0 Å². The van der Waals surface area contributed by atoms with Crippen molar-refractivity contribution in [2.75, 3.05) is 6.61 Å². The van der Waals surface area contributed by atoms with Crippen LogP contribution in [0.5, 0.6) is 0 Å². The summed E-state index contributed by atoms with van der Waals surface area (Å²) in [6.07, 6.45) is -0.290. The molecule has 0 unspecified atom stereocenters. The zero-order chi connectivity index (χ0) is 15.3. The van der Waals surface area contributed by atoms with Gasteiger partial charge in [0.15, 0.2) is 0 Å². The smallest absolute Gasteiger partial charge is 0.446 e. The van der Waals surface area contributed by atoms with Crippen LogP contribution in [0.1, 0.15) is 23.6 Å². The van der Waals surface area contributed by atoms with Gasteiger partial charge >= 0.3 is 11.5 Å². The summed E-state index contributed by atoms with van der Waals surface area (Å²) in [5.41, 5.74) is -3.63. The Morgan fingerprint density at radius 3 is 2.60 bits per heavy atom. The van der Waals surface area contributed by atoms with Gasteiger partial charge in [-0.2, -0.15) is 18.4 Å². The first kappa shape index (κ1) is 16.4. The van der Waals surface area contributed by atoms with E-state index in [0.29, 0.717) is 5.56 Å². The van der Waals surface area contributed by atoms with Crippen molar-refractivity contribution >= 4 is 17.7 Å². The van der Waals surface area contributed by atoms with Gasteiger partial charge in [0, 0.05) is 4.90 Å². The fourth-order valence-corrected chi connectivity index (χ4v) is 2.32.